The monoisotopic (exact) mass is 230 g/mol. The number of rotatable bonds is 6. The molecule has 4 heteroatoms. The summed E-state index contributed by atoms with van der Waals surface area (Å²) in [6.45, 7) is 2.02. The van der Waals surface area contributed by atoms with Crippen molar-refractivity contribution in [2.45, 2.75) is 19.4 Å². The minimum atomic E-state index is 0.802. The topological polar surface area (TPSA) is 55.9 Å². The van der Waals surface area contributed by atoms with Crippen LogP contribution >= 0.6 is 0 Å². The van der Waals surface area contributed by atoms with Crippen molar-refractivity contribution in [2.75, 3.05) is 17.6 Å². The van der Waals surface area contributed by atoms with Crippen molar-refractivity contribution < 1.29 is 0 Å². The lowest BCUT2D eigenvalue weighted by Gasteiger charge is -2.06. The van der Waals surface area contributed by atoms with Crippen molar-refractivity contribution in [1.82, 2.24) is 9.55 Å². The SMILES string of the molecule is Nc1ccc(NCCCCn2ccnc2)cc1. The standard InChI is InChI=1S/C13H18N4/c14-12-3-5-13(6-4-12)16-7-1-2-9-17-10-8-15-11-17/h3-6,8,10-11,16H,1-2,7,9,14H2. The van der Waals surface area contributed by atoms with Crippen molar-refractivity contribution in [3.8, 4) is 0 Å². The summed E-state index contributed by atoms with van der Waals surface area (Å²) in [5.41, 5.74) is 7.55. The van der Waals surface area contributed by atoms with Gasteiger partial charge in [-0.2, -0.15) is 0 Å². The number of aryl methyl sites for hydroxylation is 1. The summed E-state index contributed by atoms with van der Waals surface area (Å²) in [6, 6.07) is 7.83. The number of hydrogen-bond donors (Lipinski definition) is 2. The molecule has 0 radical (unpaired) electrons. The minimum absolute atomic E-state index is 0.802. The highest BCUT2D eigenvalue weighted by Gasteiger charge is 1.93. The maximum atomic E-state index is 5.62. The van der Waals surface area contributed by atoms with Crippen molar-refractivity contribution in [3.05, 3.63) is 43.0 Å². The van der Waals surface area contributed by atoms with Gasteiger partial charge in [0.1, 0.15) is 0 Å². The highest BCUT2D eigenvalue weighted by Crippen LogP contribution is 2.10. The van der Waals surface area contributed by atoms with Crippen LogP contribution in [-0.2, 0) is 6.54 Å². The number of unbranched alkanes of at least 4 members (excludes halogenated alkanes) is 1. The van der Waals surface area contributed by atoms with E-state index in [4.69, 9.17) is 5.73 Å². The zero-order valence-electron chi connectivity index (χ0n) is 9.84. The fraction of sp³-hybridized carbons (Fsp3) is 0.308. The second-order valence-corrected chi connectivity index (χ2v) is 4.06. The first-order valence-electron chi connectivity index (χ1n) is 5.90. The van der Waals surface area contributed by atoms with E-state index in [2.05, 4.69) is 14.9 Å². The average Bonchev–Trinajstić information content (AvgIpc) is 2.84. The third kappa shape index (κ3) is 3.83. The molecule has 0 saturated carbocycles. The maximum absolute atomic E-state index is 5.62. The summed E-state index contributed by atoms with van der Waals surface area (Å²) in [7, 11) is 0. The van der Waals surface area contributed by atoms with Gasteiger partial charge < -0.3 is 15.6 Å². The van der Waals surface area contributed by atoms with Gasteiger partial charge in [-0.25, -0.2) is 4.98 Å². The Morgan fingerprint density at radius 3 is 2.71 bits per heavy atom. The van der Waals surface area contributed by atoms with Crippen molar-refractivity contribution in [3.63, 3.8) is 0 Å². The number of nitrogens with two attached hydrogens (primary N) is 1. The van der Waals surface area contributed by atoms with Gasteiger partial charge in [0, 0.05) is 36.9 Å². The number of nitrogens with one attached hydrogen (secondary N) is 1. The maximum Gasteiger partial charge on any atom is 0.0945 e. The lowest BCUT2D eigenvalue weighted by atomic mass is 10.2. The summed E-state index contributed by atoms with van der Waals surface area (Å²) >= 11 is 0. The molecule has 1 aromatic carbocycles. The molecule has 3 N–H and O–H groups in total. The number of anilines is 2. The van der Waals surface area contributed by atoms with Gasteiger partial charge in [0.15, 0.2) is 0 Å². The molecular formula is C13H18N4. The highest BCUT2D eigenvalue weighted by atomic mass is 15.0. The fourth-order valence-corrected chi connectivity index (χ4v) is 1.67. The van der Waals surface area contributed by atoms with E-state index >= 15 is 0 Å². The van der Waals surface area contributed by atoms with Gasteiger partial charge >= 0.3 is 0 Å². The van der Waals surface area contributed by atoms with Gasteiger partial charge in [0.05, 0.1) is 6.33 Å². The van der Waals surface area contributed by atoms with Crippen LogP contribution in [0, 0.1) is 0 Å². The quantitative estimate of drug-likeness (QED) is 0.591. The second kappa shape index (κ2) is 5.94. The summed E-state index contributed by atoms with van der Waals surface area (Å²) in [6.07, 6.45) is 7.95. The molecule has 0 saturated heterocycles. The van der Waals surface area contributed by atoms with Gasteiger partial charge in [-0.1, -0.05) is 0 Å². The number of benzene rings is 1. The Bertz CT molecular complexity index is 419. The average molecular weight is 230 g/mol. The van der Waals surface area contributed by atoms with E-state index < -0.39 is 0 Å². The Balaban J connectivity index is 1.61. The molecule has 0 spiro atoms. The molecular weight excluding hydrogens is 212 g/mol. The Kier molecular flexibility index (Phi) is 4.02. The van der Waals surface area contributed by atoms with E-state index in [1.807, 2.05) is 43.0 Å². The van der Waals surface area contributed by atoms with Crippen molar-refractivity contribution >= 4 is 11.4 Å². The molecule has 2 aromatic rings. The normalized spacial score (nSPS) is 10.4. The summed E-state index contributed by atoms with van der Waals surface area (Å²) < 4.78 is 2.10. The number of imidazole rings is 1. The Morgan fingerprint density at radius 2 is 2.00 bits per heavy atom. The van der Waals surface area contributed by atoms with E-state index in [-0.39, 0.29) is 0 Å². The van der Waals surface area contributed by atoms with Crippen LogP contribution < -0.4 is 11.1 Å². The first kappa shape index (κ1) is 11.5. The summed E-state index contributed by atoms with van der Waals surface area (Å²) in [4.78, 5) is 4.01. The molecule has 0 aliphatic rings. The molecule has 0 bridgehead atoms. The van der Waals surface area contributed by atoms with E-state index in [9.17, 15) is 0 Å². The van der Waals surface area contributed by atoms with Crippen LogP contribution in [0.15, 0.2) is 43.0 Å². The van der Waals surface area contributed by atoms with Gasteiger partial charge in [-0.3, -0.25) is 0 Å². The third-order valence-corrected chi connectivity index (χ3v) is 2.64. The van der Waals surface area contributed by atoms with E-state index in [0.29, 0.717) is 0 Å². The first-order chi connectivity index (χ1) is 8.34. The van der Waals surface area contributed by atoms with Crippen LogP contribution in [-0.4, -0.2) is 16.1 Å². The largest absolute Gasteiger partial charge is 0.399 e. The van der Waals surface area contributed by atoms with Crippen LogP contribution in [0.5, 0.6) is 0 Å². The Morgan fingerprint density at radius 1 is 1.18 bits per heavy atom. The van der Waals surface area contributed by atoms with Crippen molar-refractivity contribution in [1.29, 1.82) is 0 Å². The molecule has 90 valence electrons. The first-order valence-corrected chi connectivity index (χ1v) is 5.90. The molecule has 2 rings (SSSR count). The van der Waals surface area contributed by atoms with E-state index in [0.717, 1.165) is 37.3 Å². The zero-order chi connectivity index (χ0) is 11.9. The molecule has 17 heavy (non-hydrogen) atoms. The molecule has 0 unspecified atom stereocenters. The van der Waals surface area contributed by atoms with Crippen molar-refractivity contribution in [2.24, 2.45) is 0 Å². The molecule has 1 heterocycles. The van der Waals surface area contributed by atoms with Gasteiger partial charge in [-0.15, -0.1) is 0 Å². The predicted octanol–water partition coefficient (Wildman–Crippen LogP) is 2.36. The highest BCUT2D eigenvalue weighted by molar-refractivity contribution is 5.50. The summed E-state index contributed by atoms with van der Waals surface area (Å²) in [5.74, 6) is 0. The fourth-order valence-electron chi connectivity index (χ4n) is 1.67. The van der Waals surface area contributed by atoms with Gasteiger partial charge in [0.2, 0.25) is 0 Å². The van der Waals surface area contributed by atoms with E-state index in [1.54, 1.807) is 0 Å². The van der Waals surface area contributed by atoms with Crippen LogP contribution in [0.25, 0.3) is 0 Å². The van der Waals surface area contributed by atoms with Crippen LogP contribution in [0.4, 0.5) is 11.4 Å². The van der Waals surface area contributed by atoms with Gasteiger partial charge in [0.25, 0.3) is 0 Å². The lowest BCUT2D eigenvalue weighted by molar-refractivity contribution is 0.621. The smallest absolute Gasteiger partial charge is 0.0945 e. The molecule has 4 nitrogen and oxygen atoms in total. The molecule has 1 aromatic heterocycles. The number of nitrogens with zero attached hydrogens (tertiary/aromatic N) is 2. The van der Waals surface area contributed by atoms with Crippen LogP contribution in [0.3, 0.4) is 0 Å². The molecule has 0 aliphatic carbocycles. The van der Waals surface area contributed by atoms with Crippen LogP contribution in [0.2, 0.25) is 0 Å². The second-order valence-electron chi connectivity index (χ2n) is 4.06. The Labute approximate surface area is 101 Å². The number of aromatic nitrogens is 2. The zero-order valence-corrected chi connectivity index (χ0v) is 9.84. The molecule has 0 aliphatic heterocycles. The lowest BCUT2D eigenvalue weighted by Crippen LogP contribution is -2.03. The minimum Gasteiger partial charge on any atom is -0.399 e. The number of hydrogen-bond acceptors (Lipinski definition) is 3. The van der Waals surface area contributed by atoms with Gasteiger partial charge in [-0.05, 0) is 37.1 Å². The Hall–Kier alpha value is -1.97. The van der Waals surface area contributed by atoms with E-state index in [1.165, 1.54) is 0 Å². The molecule has 0 fully saturated rings. The predicted molar refractivity (Wildman–Crippen MR) is 70.8 cm³/mol. The summed E-state index contributed by atoms with van der Waals surface area (Å²) in [5, 5.41) is 3.37. The molecule has 0 amide bonds. The van der Waals surface area contributed by atoms with Crippen LogP contribution in [0.1, 0.15) is 12.8 Å². The molecule has 0 atom stereocenters. The third-order valence-electron chi connectivity index (χ3n) is 2.64. The number of nitrogen functional groups attached to an aromatic ring is 1.